The first-order chi connectivity index (χ1) is 23.6. The third-order valence-corrected chi connectivity index (χ3v) is 13.3. The summed E-state index contributed by atoms with van der Waals surface area (Å²) < 4.78 is 80.9. The molecular weight excluding hydrogens is 681 g/mol. The van der Waals surface area contributed by atoms with Crippen molar-refractivity contribution in [1.29, 1.82) is 0 Å². The van der Waals surface area contributed by atoms with Gasteiger partial charge < -0.3 is 24.1 Å². The fourth-order valence-corrected chi connectivity index (χ4v) is 10.00. The van der Waals surface area contributed by atoms with Crippen LogP contribution in [-0.2, 0) is 43.1 Å². The minimum atomic E-state index is -3.75. The molecule has 3 aliphatic rings. The number of aliphatic hydroxyl groups is 1. The number of sulfone groups is 1. The zero-order valence-corrected chi connectivity index (χ0v) is 32.2. The van der Waals surface area contributed by atoms with Crippen LogP contribution in [0.4, 0.5) is 0 Å². The van der Waals surface area contributed by atoms with E-state index in [9.17, 15) is 21.9 Å². The number of aliphatic hydroxyl groups excluding tert-OH is 1. The summed E-state index contributed by atoms with van der Waals surface area (Å²) in [5.74, 6) is -0.275. The van der Waals surface area contributed by atoms with Gasteiger partial charge in [-0.15, -0.1) is 0 Å². The molecule has 0 aromatic heterocycles. The molecule has 12 heteroatoms. The van der Waals surface area contributed by atoms with Crippen LogP contribution in [-0.4, -0.2) is 90.1 Å². The first-order valence-corrected chi connectivity index (χ1v) is 21.8. The molecule has 0 radical (unpaired) electrons. The van der Waals surface area contributed by atoms with Crippen LogP contribution in [0.1, 0.15) is 85.5 Å². The minimum absolute atomic E-state index is 0.0141. The fourth-order valence-electron chi connectivity index (χ4n) is 7.54. The topological polar surface area (TPSA) is 135 Å². The molecule has 4 rings (SSSR count). The molecule has 1 aromatic rings. The van der Waals surface area contributed by atoms with Gasteiger partial charge in [-0.3, -0.25) is 4.18 Å². The smallest absolute Gasteiger partial charge is 0.264 e. The van der Waals surface area contributed by atoms with Crippen LogP contribution >= 0.6 is 0 Å². The molecule has 3 aliphatic heterocycles. The van der Waals surface area contributed by atoms with Crippen molar-refractivity contribution >= 4 is 20.0 Å². The second kappa shape index (κ2) is 18.4. The highest BCUT2D eigenvalue weighted by Crippen LogP contribution is 2.41. The summed E-state index contributed by atoms with van der Waals surface area (Å²) in [6.07, 6.45) is 4.03. The molecule has 0 spiro atoms. The molecule has 10 nitrogen and oxygen atoms in total. The SMILES string of the molecule is C=C1C[C@H](CCC2OCCO2)O[C@H]1CC[C@H](C[C@H](C)C(=C)[C@H](O)C[C@@H]1O[C@H](C[C@H](C)CC)[C@H](C)[C@H]1CS(=O)(=O)c1ccccc1)OS(C)(=O)=O. The second-order valence-corrected chi connectivity index (χ2v) is 18.5. The van der Waals surface area contributed by atoms with Crippen molar-refractivity contribution in [2.75, 3.05) is 25.2 Å². The van der Waals surface area contributed by atoms with Crippen LogP contribution in [0.2, 0.25) is 0 Å². The van der Waals surface area contributed by atoms with E-state index in [1.165, 1.54) is 0 Å². The van der Waals surface area contributed by atoms with Gasteiger partial charge in [0.2, 0.25) is 0 Å². The van der Waals surface area contributed by atoms with Crippen molar-refractivity contribution < 1.29 is 45.1 Å². The molecular formula is C38H60O10S2. The third kappa shape index (κ3) is 11.9. The fraction of sp³-hybridized carbons (Fsp3) is 0.737. The number of ether oxygens (including phenoxy) is 4. The summed E-state index contributed by atoms with van der Waals surface area (Å²) in [6, 6.07) is 8.46. The summed E-state index contributed by atoms with van der Waals surface area (Å²) in [6.45, 7) is 17.9. The molecule has 0 saturated carbocycles. The van der Waals surface area contributed by atoms with Gasteiger partial charge in [-0.05, 0) is 79.6 Å². The van der Waals surface area contributed by atoms with E-state index in [1.54, 1.807) is 30.3 Å². The number of hydrogen-bond donors (Lipinski definition) is 1. The van der Waals surface area contributed by atoms with E-state index in [2.05, 4.69) is 33.9 Å². The van der Waals surface area contributed by atoms with Gasteiger partial charge in [0.1, 0.15) is 0 Å². The normalized spacial score (nSPS) is 28.9. The molecule has 3 fully saturated rings. The summed E-state index contributed by atoms with van der Waals surface area (Å²) in [5.41, 5.74) is 1.52. The van der Waals surface area contributed by atoms with Gasteiger partial charge in [0.15, 0.2) is 16.1 Å². The number of rotatable bonds is 20. The Morgan fingerprint density at radius 3 is 2.32 bits per heavy atom. The summed E-state index contributed by atoms with van der Waals surface area (Å²) in [5, 5.41) is 11.5. The van der Waals surface area contributed by atoms with Gasteiger partial charge in [-0.25, -0.2) is 8.42 Å². The van der Waals surface area contributed by atoms with Gasteiger partial charge in [-0.2, -0.15) is 8.42 Å². The Kier molecular flexibility index (Phi) is 15.1. The molecule has 3 saturated heterocycles. The van der Waals surface area contributed by atoms with E-state index in [1.807, 2.05) is 6.92 Å². The van der Waals surface area contributed by atoms with Crippen LogP contribution in [0.3, 0.4) is 0 Å². The molecule has 10 atom stereocenters. The predicted molar refractivity (Wildman–Crippen MR) is 194 cm³/mol. The van der Waals surface area contributed by atoms with Gasteiger partial charge in [0.25, 0.3) is 10.1 Å². The molecule has 50 heavy (non-hydrogen) atoms. The minimum Gasteiger partial charge on any atom is -0.389 e. The largest absolute Gasteiger partial charge is 0.389 e. The lowest BCUT2D eigenvalue weighted by molar-refractivity contribution is -0.0588. The first-order valence-electron chi connectivity index (χ1n) is 18.3. The highest BCUT2D eigenvalue weighted by molar-refractivity contribution is 7.91. The Hall–Kier alpha value is -1.64. The molecule has 0 aliphatic carbocycles. The van der Waals surface area contributed by atoms with Crippen LogP contribution in [0.25, 0.3) is 0 Å². The average molecular weight is 741 g/mol. The maximum Gasteiger partial charge on any atom is 0.264 e. The Morgan fingerprint density at radius 2 is 1.68 bits per heavy atom. The Bertz CT molecular complexity index is 1460. The quantitative estimate of drug-likeness (QED) is 0.121. The van der Waals surface area contributed by atoms with Crippen molar-refractivity contribution in [1.82, 2.24) is 0 Å². The summed E-state index contributed by atoms with van der Waals surface area (Å²) in [7, 11) is -7.34. The van der Waals surface area contributed by atoms with Gasteiger partial charge in [-0.1, -0.05) is 65.5 Å². The maximum absolute atomic E-state index is 13.5. The van der Waals surface area contributed by atoms with E-state index in [0.717, 1.165) is 43.9 Å². The van der Waals surface area contributed by atoms with Crippen LogP contribution in [0.15, 0.2) is 59.5 Å². The zero-order valence-electron chi connectivity index (χ0n) is 30.6. The number of hydrogen-bond acceptors (Lipinski definition) is 10. The Labute approximate surface area is 301 Å². The Morgan fingerprint density at radius 1 is 1.00 bits per heavy atom. The average Bonchev–Trinajstić information content (AvgIpc) is 3.78. The van der Waals surface area contributed by atoms with Crippen molar-refractivity contribution in [3.05, 3.63) is 54.6 Å². The summed E-state index contributed by atoms with van der Waals surface area (Å²) in [4.78, 5) is 0.280. The van der Waals surface area contributed by atoms with Gasteiger partial charge in [0.05, 0.1) is 66.7 Å². The monoisotopic (exact) mass is 740 g/mol. The van der Waals surface area contributed by atoms with Crippen molar-refractivity contribution in [2.45, 2.75) is 133 Å². The Balaban J connectivity index is 1.37. The van der Waals surface area contributed by atoms with E-state index in [0.29, 0.717) is 44.0 Å². The molecule has 284 valence electrons. The lowest BCUT2D eigenvalue weighted by atomic mass is 9.83. The van der Waals surface area contributed by atoms with E-state index in [-0.39, 0.29) is 59.4 Å². The first kappa shape index (κ1) is 41.1. The van der Waals surface area contributed by atoms with Crippen molar-refractivity contribution in [3.63, 3.8) is 0 Å². The van der Waals surface area contributed by atoms with Crippen LogP contribution in [0, 0.1) is 23.7 Å². The predicted octanol–water partition coefficient (Wildman–Crippen LogP) is 6.24. The molecule has 3 heterocycles. The van der Waals surface area contributed by atoms with E-state index < -0.39 is 38.3 Å². The summed E-state index contributed by atoms with van der Waals surface area (Å²) >= 11 is 0. The second-order valence-electron chi connectivity index (χ2n) is 14.9. The molecule has 0 unspecified atom stereocenters. The van der Waals surface area contributed by atoms with Crippen LogP contribution in [0.5, 0.6) is 0 Å². The highest BCUT2D eigenvalue weighted by Gasteiger charge is 2.45. The third-order valence-electron chi connectivity index (χ3n) is 10.8. The lowest BCUT2D eigenvalue weighted by Crippen LogP contribution is -2.32. The van der Waals surface area contributed by atoms with Crippen molar-refractivity contribution in [2.24, 2.45) is 23.7 Å². The molecule has 1 N–H and O–H groups in total. The highest BCUT2D eigenvalue weighted by atomic mass is 32.2. The van der Waals surface area contributed by atoms with Crippen molar-refractivity contribution in [3.8, 4) is 0 Å². The molecule has 1 aromatic carbocycles. The molecule has 0 bridgehead atoms. The van der Waals surface area contributed by atoms with E-state index >= 15 is 0 Å². The maximum atomic E-state index is 13.5. The lowest BCUT2D eigenvalue weighted by Gasteiger charge is -2.28. The van der Waals surface area contributed by atoms with Crippen LogP contribution < -0.4 is 0 Å². The number of benzene rings is 1. The van der Waals surface area contributed by atoms with Gasteiger partial charge in [0, 0.05) is 18.8 Å². The standard InChI is InChI=1S/C38H60O10S2/c1-8-25(2)20-36-29(6)33(24-50(42,43)32-12-10-9-11-13-32)37(47-36)23-34(39)28(5)26(3)21-31(48-49(7,40)41)14-16-35-27(4)22-30(46-35)15-17-38-44-18-19-45-38/h9-13,25-26,29-31,33-39H,4-5,8,14-24H2,1-3,6-7H3/t25-,26+,29-,30+,31-,33-,34-,35+,36-,37+/m1/s1. The zero-order chi connectivity index (χ0) is 36.6. The molecule has 0 amide bonds. The van der Waals surface area contributed by atoms with Gasteiger partial charge >= 0.3 is 0 Å². The van der Waals surface area contributed by atoms with E-state index in [4.69, 9.17) is 23.1 Å².